The third-order valence-corrected chi connectivity index (χ3v) is 3.29. The van der Waals surface area contributed by atoms with Crippen LogP contribution in [0.1, 0.15) is 37.6 Å². The lowest BCUT2D eigenvalue weighted by atomic mass is 10.1. The van der Waals surface area contributed by atoms with Gasteiger partial charge < -0.3 is 21.1 Å². The van der Waals surface area contributed by atoms with Crippen LogP contribution in [0.3, 0.4) is 0 Å². The molecule has 0 heterocycles. The normalized spacial score (nSPS) is 12.0. The summed E-state index contributed by atoms with van der Waals surface area (Å²) in [6, 6.07) is 6.86. The fraction of sp³-hybridized carbons (Fsp3) is 0.529. The number of rotatable bonds is 9. The van der Waals surface area contributed by atoms with Gasteiger partial charge in [-0.15, -0.1) is 0 Å². The Kier molecular flexibility index (Phi) is 8.29. The van der Waals surface area contributed by atoms with E-state index in [1.807, 2.05) is 0 Å². The van der Waals surface area contributed by atoms with Gasteiger partial charge >= 0.3 is 0 Å². The van der Waals surface area contributed by atoms with Crippen LogP contribution in [-0.4, -0.2) is 37.6 Å². The maximum atomic E-state index is 12.2. The molecule has 0 saturated heterocycles. The Labute approximate surface area is 137 Å². The zero-order valence-corrected chi connectivity index (χ0v) is 14.1. The van der Waals surface area contributed by atoms with Crippen molar-refractivity contribution < 1.29 is 14.3 Å². The molecule has 0 aliphatic rings. The molecule has 0 bridgehead atoms. The molecule has 1 rings (SSSR count). The summed E-state index contributed by atoms with van der Waals surface area (Å²) in [6.45, 7) is 7.18. The zero-order chi connectivity index (χ0) is 17.2. The molecule has 6 nitrogen and oxygen atoms in total. The number of hydrogen-bond acceptors (Lipinski definition) is 4. The molecule has 1 aromatic rings. The second-order valence-corrected chi connectivity index (χ2v) is 5.77. The Hall–Kier alpha value is -1.92. The second kappa shape index (κ2) is 9.97. The number of carbonyl (C=O) groups excluding carboxylic acids is 2. The quantitative estimate of drug-likeness (QED) is 0.646. The number of anilines is 1. The fourth-order valence-corrected chi connectivity index (χ4v) is 1.86. The van der Waals surface area contributed by atoms with Crippen molar-refractivity contribution in [1.82, 2.24) is 5.32 Å². The van der Waals surface area contributed by atoms with Crippen molar-refractivity contribution in [1.29, 1.82) is 0 Å². The molecule has 0 spiro atoms. The lowest BCUT2D eigenvalue weighted by Gasteiger charge is -2.16. The minimum Gasteiger partial charge on any atom is -0.369 e. The topological polar surface area (TPSA) is 93.4 Å². The van der Waals surface area contributed by atoms with Gasteiger partial charge in [0.25, 0.3) is 11.8 Å². The number of nitrogens with two attached hydrogens (primary N) is 1. The second-order valence-electron chi connectivity index (χ2n) is 5.77. The number of amides is 2. The molecule has 1 atom stereocenters. The van der Waals surface area contributed by atoms with E-state index in [0.717, 1.165) is 6.42 Å². The monoisotopic (exact) mass is 321 g/mol. The van der Waals surface area contributed by atoms with Crippen LogP contribution in [0.25, 0.3) is 0 Å². The molecule has 0 aliphatic carbocycles. The van der Waals surface area contributed by atoms with E-state index in [1.54, 1.807) is 31.2 Å². The van der Waals surface area contributed by atoms with Crippen LogP contribution in [0.15, 0.2) is 24.3 Å². The predicted octanol–water partition coefficient (Wildman–Crippen LogP) is 1.76. The van der Waals surface area contributed by atoms with Crippen LogP contribution in [0.4, 0.5) is 5.69 Å². The average molecular weight is 321 g/mol. The van der Waals surface area contributed by atoms with Crippen LogP contribution in [0, 0.1) is 5.92 Å². The first kappa shape index (κ1) is 19.1. The van der Waals surface area contributed by atoms with Crippen LogP contribution >= 0.6 is 0 Å². The van der Waals surface area contributed by atoms with Crippen molar-refractivity contribution in [2.24, 2.45) is 11.7 Å². The highest BCUT2D eigenvalue weighted by molar-refractivity contribution is 6.04. The summed E-state index contributed by atoms with van der Waals surface area (Å²) in [7, 11) is 0. The van der Waals surface area contributed by atoms with Crippen LogP contribution < -0.4 is 16.4 Å². The first-order valence-corrected chi connectivity index (χ1v) is 7.95. The predicted molar refractivity (Wildman–Crippen MR) is 91.3 cm³/mol. The molecular formula is C17H27N3O3. The molecule has 0 fully saturated rings. The van der Waals surface area contributed by atoms with E-state index in [2.05, 4.69) is 24.5 Å². The third kappa shape index (κ3) is 6.80. The van der Waals surface area contributed by atoms with Crippen LogP contribution in [0.5, 0.6) is 0 Å². The molecular weight excluding hydrogens is 294 g/mol. The van der Waals surface area contributed by atoms with Gasteiger partial charge in [0, 0.05) is 19.7 Å². The zero-order valence-electron chi connectivity index (χ0n) is 14.1. The average Bonchev–Trinajstić information content (AvgIpc) is 2.52. The summed E-state index contributed by atoms with van der Waals surface area (Å²) in [4.78, 5) is 24.3. The Balaban J connectivity index is 2.65. The van der Waals surface area contributed by atoms with Crippen molar-refractivity contribution in [3.05, 3.63) is 29.8 Å². The fourth-order valence-electron chi connectivity index (χ4n) is 1.86. The van der Waals surface area contributed by atoms with Gasteiger partial charge in [0.2, 0.25) is 0 Å². The Morgan fingerprint density at radius 2 is 1.91 bits per heavy atom. The molecule has 4 N–H and O–H groups in total. The van der Waals surface area contributed by atoms with Crippen molar-refractivity contribution in [3.8, 4) is 0 Å². The molecule has 0 aliphatic heterocycles. The molecule has 1 aromatic carbocycles. The van der Waals surface area contributed by atoms with E-state index >= 15 is 0 Å². The van der Waals surface area contributed by atoms with Crippen molar-refractivity contribution in [3.63, 3.8) is 0 Å². The lowest BCUT2D eigenvalue weighted by molar-refractivity contribution is -0.126. The number of hydrogen-bond donors (Lipinski definition) is 3. The van der Waals surface area contributed by atoms with E-state index in [1.165, 1.54) is 0 Å². The Morgan fingerprint density at radius 3 is 2.57 bits per heavy atom. The maximum Gasteiger partial charge on any atom is 0.253 e. The van der Waals surface area contributed by atoms with Gasteiger partial charge in [0.1, 0.15) is 6.10 Å². The molecule has 2 amide bonds. The molecule has 0 saturated carbocycles. The Bertz CT molecular complexity index is 518. The summed E-state index contributed by atoms with van der Waals surface area (Å²) in [5.41, 5.74) is 6.25. The number of nitrogens with one attached hydrogen (secondary N) is 2. The van der Waals surface area contributed by atoms with Gasteiger partial charge in [-0.1, -0.05) is 26.0 Å². The van der Waals surface area contributed by atoms with Crippen LogP contribution in [0.2, 0.25) is 0 Å². The number of ether oxygens (including phenoxy) is 1. The van der Waals surface area contributed by atoms with Crippen LogP contribution in [-0.2, 0) is 9.53 Å². The van der Waals surface area contributed by atoms with Gasteiger partial charge in [-0.3, -0.25) is 9.59 Å². The highest BCUT2D eigenvalue weighted by Crippen LogP contribution is 2.15. The maximum absolute atomic E-state index is 12.2. The van der Waals surface area contributed by atoms with Crippen molar-refractivity contribution >= 4 is 17.5 Å². The SMILES string of the molecule is CC(C)CCOC(C)C(=O)Nc1ccccc1C(=O)NCCN. The summed E-state index contributed by atoms with van der Waals surface area (Å²) in [5, 5.41) is 5.44. The summed E-state index contributed by atoms with van der Waals surface area (Å²) < 4.78 is 5.52. The van der Waals surface area contributed by atoms with E-state index in [-0.39, 0.29) is 11.8 Å². The highest BCUT2D eigenvalue weighted by Gasteiger charge is 2.17. The molecule has 6 heteroatoms. The van der Waals surface area contributed by atoms with E-state index in [4.69, 9.17) is 10.5 Å². The van der Waals surface area contributed by atoms with Gasteiger partial charge in [0.05, 0.1) is 11.3 Å². The van der Waals surface area contributed by atoms with E-state index in [9.17, 15) is 9.59 Å². The molecule has 0 radical (unpaired) electrons. The van der Waals surface area contributed by atoms with Gasteiger partial charge in [-0.2, -0.15) is 0 Å². The minimum atomic E-state index is -0.575. The number of carbonyl (C=O) groups is 2. The molecule has 23 heavy (non-hydrogen) atoms. The standard InChI is InChI=1S/C17H27N3O3/c1-12(2)8-11-23-13(3)16(21)20-15-7-5-4-6-14(15)17(22)19-10-9-18/h4-7,12-13H,8-11,18H2,1-3H3,(H,19,22)(H,20,21). The first-order valence-electron chi connectivity index (χ1n) is 7.95. The molecule has 1 unspecified atom stereocenters. The third-order valence-electron chi connectivity index (χ3n) is 3.29. The summed E-state index contributed by atoms with van der Waals surface area (Å²) in [5.74, 6) is -0.00946. The van der Waals surface area contributed by atoms with Gasteiger partial charge in [-0.05, 0) is 31.4 Å². The first-order chi connectivity index (χ1) is 11.0. The summed E-state index contributed by atoms with van der Waals surface area (Å²) >= 11 is 0. The number of para-hydroxylation sites is 1. The molecule has 128 valence electrons. The van der Waals surface area contributed by atoms with Gasteiger partial charge in [0.15, 0.2) is 0 Å². The number of benzene rings is 1. The van der Waals surface area contributed by atoms with Gasteiger partial charge in [-0.25, -0.2) is 0 Å². The molecule has 0 aromatic heterocycles. The largest absolute Gasteiger partial charge is 0.369 e. The van der Waals surface area contributed by atoms with Crippen molar-refractivity contribution in [2.75, 3.05) is 25.0 Å². The smallest absolute Gasteiger partial charge is 0.253 e. The van der Waals surface area contributed by atoms with E-state index in [0.29, 0.717) is 36.9 Å². The van der Waals surface area contributed by atoms with Crippen molar-refractivity contribution in [2.45, 2.75) is 33.3 Å². The van der Waals surface area contributed by atoms with E-state index < -0.39 is 6.10 Å². The summed E-state index contributed by atoms with van der Waals surface area (Å²) in [6.07, 6.45) is 0.323. The highest BCUT2D eigenvalue weighted by atomic mass is 16.5. The lowest BCUT2D eigenvalue weighted by Crippen LogP contribution is -2.32. The minimum absolute atomic E-state index is 0.264. The Morgan fingerprint density at radius 1 is 1.22 bits per heavy atom.